The predicted molar refractivity (Wildman–Crippen MR) is 92.8 cm³/mol. The number of hydrogen-bond acceptors (Lipinski definition) is 4. The number of fused-ring (bicyclic) bond motifs is 1. The Morgan fingerprint density at radius 2 is 1.88 bits per heavy atom. The van der Waals surface area contributed by atoms with Crippen LogP contribution in [0.15, 0.2) is 42.7 Å². The van der Waals surface area contributed by atoms with Gasteiger partial charge in [0.2, 0.25) is 0 Å². The van der Waals surface area contributed by atoms with E-state index in [1.54, 1.807) is 29.0 Å². The van der Waals surface area contributed by atoms with Crippen molar-refractivity contribution in [1.29, 1.82) is 0 Å². The first kappa shape index (κ1) is 16.8. The molecule has 3 heterocycles. The van der Waals surface area contributed by atoms with Crippen molar-refractivity contribution in [3.63, 3.8) is 0 Å². The third kappa shape index (κ3) is 3.12. The minimum atomic E-state index is -4.38. The SMILES string of the molecule is NC1CCN(c2nccn3nc(-c4cccc(C(F)(F)F)c4)cc23)CC1. The molecule has 0 atom stereocenters. The summed E-state index contributed by atoms with van der Waals surface area (Å²) >= 11 is 0. The van der Waals surface area contributed by atoms with Crippen LogP contribution in [0, 0.1) is 0 Å². The van der Waals surface area contributed by atoms with E-state index in [2.05, 4.69) is 15.0 Å². The molecule has 2 N–H and O–H groups in total. The van der Waals surface area contributed by atoms with Crippen LogP contribution in [0.4, 0.5) is 19.0 Å². The maximum Gasteiger partial charge on any atom is 0.416 e. The molecule has 3 aromatic rings. The average molecular weight is 361 g/mol. The number of anilines is 1. The minimum Gasteiger partial charge on any atom is -0.355 e. The number of hydrogen-bond donors (Lipinski definition) is 1. The van der Waals surface area contributed by atoms with E-state index in [1.807, 2.05) is 0 Å². The first-order valence-electron chi connectivity index (χ1n) is 8.44. The number of benzene rings is 1. The largest absolute Gasteiger partial charge is 0.416 e. The second-order valence-corrected chi connectivity index (χ2v) is 6.51. The van der Waals surface area contributed by atoms with Crippen molar-refractivity contribution in [2.75, 3.05) is 18.0 Å². The molecule has 0 spiro atoms. The molecule has 26 heavy (non-hydrogen) atoms. The van der Waals surface area contributed by atoms with Crippen LogP contribution in [-0.2, 0) is 6.18 Å². The summed E-state index contributed by atoms with van der Waals surface area (Å²) in [6.07, 6.45) is 0.745. The molecule has 1 fully saturated rings. The third-order valence-corrected chi connectivity index (χ3v) is 4.69. The molecule has 0 amide bonds. The van der Waals surface area contributed by atoms with Crippen LogP contribution >= 0.6 is 0 Å². The van der Waals surface area contributed by atoms with Crippen molar-refractivity contribution in [3.8, 4) is 11.3 Å². The molecule has 5 nitrogen and oxygen atoms in total. The summed E-state index contributed by atoms with van der Waals surface area (Å²) in [5.41, 5.74) is 6.96. The van der Waals surface area contributed by atoms with E-state index in [1.165, 1.54) is 6.07 Å². The van der Waals surface area contributed by atoms with E-state index in [0.717, 1.165) is 49.4 Å². The fourth-order valence-electron chi connectivity index (χ4n) is 3.26. The van der Waals surface area contributed by atoms with E-state index >= 15 is 0 Å². The summed E-state index contributed by atoms with van der Waals surface area (Å²) in [7, 11) is 0. The van der Waals surface area contributed by atoms with Gasteiger partial charge in [-0.25, -0.2) is 9.50 Å². The van der Waals surface area contributed by atoms with Gasteiger partial charge in [0.15, 0.2) is 5.82 Å². The van der Waals surface area contributed by atoms with Gasteiger partial charge >= 0.3 is 6.18 Å². The molecular weight excluding hydrogens is 343 g/mol. The van der Waals surface area contributed by atoms with E-state index in [-0.39, 0.29) is 6.04 Å². The van der Waals surface area contributed by atoms with Gasteiger partial charge < -0.3 is 10.6 Å². The Kier molecular flexibility index (Phi) is 4.07. The van der Waals surface area contributed by atoms with Crippen LogP contribution < -0.4 is 10.6 Å². The lowest BCUT2D eigenvalue weighted by atomic mass is 10.1. The van der Waals surface area contributed by atoms with Crippen LogP contribution in [0.5, 0.6) is 0 Å². The van der Waals surface area contributed by atoms with Gasteiger partial charge in [0.25, 0.3) is 0 Å². The highest BCUT2D eigenvalue weighted by Crippen LogP contribution is 2.33. The number of nitrogens with two attached hydrogens (primary N) is 1. The normalized spacial score (nSPS) is 16.4. The second-order valence-electron chi connectivity index (χ2n) is 6.51. The predicted octanol–water partition coefficient (Wildman–Crippen LogP) is 3.34. The smallest absolute Gasteiger partial charge is 0.355 e. The fourth-order valence-corrected chi connectivity index (χ4v) is 3.26. The fraction of sp³-hybridized carbons (Fsp3) is 0.333. The molecule has 0 aliphatic carbocycles. The Balaban J connectivity index is 1.74. The highest BCUT2D eigenvalue weighted by molar-refractivity contribution is 5.75. The number of alkyl halides is 3. The summed E-state index contributed by atoms with van der Waals surface area (Å²) in [6.45, 7) is 1.61. The lowest BCUT2D eigenvalue weighted by Crippen LogP contribution is -2.40. The first-order valence-corrected chi connectivity index (χ1v) is 8.44. The summed E-state index contributed by atoms with van der Waals surface area (Å²) in [5.74, 6) is 0.783. The molecule has 136 valence electrons. The van der Waals surface area contributed by atoms with E-state index < -0.39 is 11.7 Å². The van der Waals surface area contributed by atoms with Gasteiger partial charge in [-0.05, 0) is 31.0 Å². The highest BCUT2D eigenvalue weighted by Gasteiger charge is 2.30. The monoisotopic (exact) mass is 361 g/mol. The Morgan fingerprint density at radius 1 is 1.12 bits per heavy atom. The van der Waals surface area contributed by atoms with Crippen LogP contribution in [0.1, 0.15) is 18.4 Å². The lowest BCUT2D eigenvalue weighted by molar-refractivity contribution is -0.137. The Hall–Kier alpha value is -2.61. The van der Waals surface area contributed by atoms with E-state index in [0.29, 0.717) is 11.3 Å². The zero-order chi connectivity index (χ0) is 18.3. The van der Waals surface area contributed by atoms with Crippen molar-refractivity contribution >= 4 is 11.3 Å². The topological polar surface area (TPSA) is 59.5 Å². The molecule has 4 rings (SSSR count). The molecule has 8 heteroatoms. The van der Waals surface area contributed by atoms with Crippen molar-refractivity contribution in [2.45, 2.75) is 25.1 Å². The van der Waals surface area contributed by atoms with Crippen molar-refractivity contribution in [2.24, 2.45) is 5.73 Å². The Morgan fingerprint density at radius 3 is 2.62 bits per heavy atom. The standard InChI is InChI=1S/C18H18F3N5/c19-18(20,21)13-3-1-2-12(10-13)15-11-16-17(23-6-9-26(16)24-15)25-7-4-14(22)5-8-25/h1-3,6,9-11,14H,4-5,7-8,22H2. The molecule has 1 aromatic carbocycles. The number of halogens is 3. The van der Waals surface area contributed by atoms with E-state index in [4.69, 9.17) is 5.73 Å². The van der Waals surface area contributed by atoms with Crippen LogP contribution in [0.2, 0.25) is 0 Å². The quantitative estimate of drug-likeness (QED) is 0.761. The Labute approximate surface area is 148 Å². The summed E-state index contributed by atoms with van der Waals surface area (Å²) < 4.78 is 40.6. The average Bonchev–Trinajstić information content (AvgIpc) is 3.06. The van der Waals surface area contributed by atoms with Gasteiger partial charge in [0.1, 0.15) is 5.52 Å². The molecule has 1 aliphatic heterocycles. The molecule has 1 saturated heterocycles. The van der Waals surface area contributed by atoms with E-state index in [9.17, 15) is 13.2 Å². The van der Waals surface area contributed by atoms with Gasteiger partial charge in [-0.1, -0.05) is 12.1 Å². The van der Waals surface area contributed by atoms with Gasteiger partial charge in [0.05, 0.1) is 11.3 Å². The van der Waals surface area contributed by atoms with Crippen LogP contribution in [0.25, 0.3) is 16.8 Å². The molecular formula is C18H18F3N5. The summed E-state index contributed by atoms with van der Waals surface area (Å²) in [4.78, 5) is 6.61. The van der Waals surface area contributed by atoms with Crippen molar-refractivity contribution in [1.82, 2.24) is 14.6 Å². The molecule has 0 bridgehead atoms. The van der Waals surface area contributed by atoms with Gasteiger partial charge in [0, 0.05) is 37.1 Å². The highest BCUT2D eigenvalue weighted by atomic mass is 19.4. The van der Waals surface area contributed by atoms with Gasteiger partial charge in [-0.3, -0.25) is 0 Å². The van der Waals surface area contributed by atoms with Gasteiger partial charge in [-0.15, -0.1) is 0 Å². The third-order valence-electron chi connectivity index (χ3n) is 4.69. The lowest BCUT2D eigenvalue weighted by Gasteiger charge is -2.31. The number of piperidine rings is 1. The second kappa shape index (κ2) is 6.28. The molecule has 1 aliphatic rings. The molecule has 0 unspecified atom stereocenters. The first-order chi connectivity index (χ1) is 12.4. The maximum absolute atomic E-state index is 13.0. The van der Waals surface area contributed by atoms with Crippen LogP contribution in [-0.4, -0.2) is 33.7 Å². The number of aromatic nitrogens is 3. The summed E-state index contributed by atoms with van der Waals surface area (Å²) in [6, 6.07) is 7.19. The minimum absolute atomic E-state index is 0.205. The van der Waals surface area contributed by atoms with Crippen molar-refractivity contribution < 1.29 is 13.2 Å². The summed E-state index contributed by atoms with van der Waals surface area (Å²) in [5, 5.41) is 4.43. The van der Waals surface area contributed by atoms with Crippen molar-refractivity contribution in [3.05, 3.63) is 48.3 Å². The number of nitrogens with zero attached hydrogens (tertiary/aromatic N) is 4. The van der Waals surface area contributed by atoms with Crippen LogP contribution in [0.3, 0.4) is 0 Å². The zero-order valence-electron chi connectivity index (χ0n) is 13.9. The Bertz CT molecular complexity index is 926. The zero-order valence-corrected chi connectivity index (χ0v) is 13.9. The molecule has 2 aromatic heterocycles. The number of rotatable bonds is 2. The maximum atomic E-state index is 13.0. The molecule has 0 radical (unpaired) electrons. The molecule has 0 saturated carbocycles. The van der Waals surface area contributed by atoms with Gasteiger partial charge in [-0.2, -0.15) is 18.3 Å².